The summed E-state index contributed by atoms with van der Waals surface area (Å²) in [4.78, 5) is 10.8. The Morgan fingerprint density at radius 2 is 2.20 bits per heavy atom. The summed E-state index contributed by atoms with van der Waals surface area (Å²) in [5, 5.41) is 8.33. The second-order valence-corrected chi connectivity index (χ2v) is 4.84. The molecule has 20 heavy (non-hydrogen) atoms. The third-order valence-electron chi connectivity index (χ3n) is 3.32. The zero-order chi connectivity index (χ0) is 15.0. The van der Waals surface area contributed by atoms with Gasteiger partial charge in [-0.3, -0.25) is 4.79 Å². The van der Waals surface area contributed by atoms with E-state index in [9.17, 15) is 9.18 Å². The Kier molecular flexibility index (Phi) is 6.72. The van der Waals surface area contributed by atoms with Crippen molar-refractivity contribution in [1.29, 1.82) is 5.26 Å². The Morgan fingerprint density at radius 3 is 2.85 bits per heavy atom. The molecule has 108 valence electrons. The van der Waals surface area contributed by atoms with Gasteiger partial charge >= 0.3 is 0 Å². The van der Waals surface area contributed by atoms with Crippen molar-refractivity contribution in [3.63, 3.8) is 0 Å². The smallest absolute Gasteiger partial charge is 0.231 e. The van der Waals surface area contributed by atoms with E-state index in [4.69, 9.17) is 10.00 Å². The molecule has 0 spiro atoms. The quantitative estimate of drug-likeness (QED) is 0.533. The van der Waals surface area contributed by atoms with E-state index in [1.807, 2.05) is 0 Å². The summed E-state index contributed by atoms with van der Waals surface area (Å²) in [6.07, 6.45) is 2.43. The van der Waals surface area contributed by atoms with Crippen LogP contribution < -0.4 is 4.74 Å². The molecule has 0 fully saturated rings. The lowest BCUT2D eigenvalue weighted by molar-refractivity contribution is -0.114. The van der Waals surface area contributed by atoms with Crippen molar-refractivity contribution >= 4 is 5.78 Å². The Balaban J connectivity index is 2.47. The lowest BCUT2D eigenvalue weighted by Gasteiger charge is -2.12. The molecule has 1 unspecified atom stereocenters. The van der Waals surface area contributed by atoms with E-state index in [1.165, 1.54) is 6.07 Å². The van der Waals surface area contributed by atoms with Gasteiger partial charge in [0, 0.05) is 6.42 Å². The monoisotopic (exact) mass is 277 g/mol. The number of unbranched alkanes of at least 4 members (excludes halogenated alkanes) is 1. The molecule has 3 nitrogen and oxygen atoms in total. The average Bonchev–Trinajstić information content (AvgIpc) is 2.47. The molecule has 0 aromatic heterocycles. The minimum atomic E-state index is -0.421. The van der Waals surface area contributed by atoms with Gasteiger partial charge in [0.2, 0.25) is 5.78 Å². The van der Waals surface area contributed by atoms with Gasteiger partial charge in [-0.1, -0.05) is 19.9 Å². The number of rotatable bonds is 8. The van der Waals surface area contributed by atoms with Crippen molar-refractivity contribution in [3.8, 4) is 11.8 Å². The number of hydrogen-bond donors (Lipinski definition) is 0. The van der Waals surface area contributed by atoms with Crippen LogP contribution in [0.15, 0.2) is 18.2 Å². The minimum absolute atomic E-state index is 0.231. The van der Waals surface area contributed by atoms with Gasteiger partial charge in [-0.05, 0) is 42.9 Å². The highest BCUT2D eigenvalue weighted by Gasteiger charge is 2.09. The van der Waals surface area contributed by atoms with Crippen molar-refractivity contribution < 1.29 is 13.9 Å². The zero-order valence-corrected chi connectivity index (χ0v) is 12.0. The summed E-state index contributed by atoms with van der Waals surface area (Å²) in [6, 6.07) is 6.52. The highest BCUT2D eigenvalue weighted by Crippen LogP contribution is 2.25. The van der Waals surface area contributed by atoms with E-state index < -0.39 is 5.78 Å². The number of benzene rings is 1. The molecular formula is C16H20FNO2. The highest BCUT2D eigenvalue weighted by molar-refractivity contribution is 5.93. The van der Waals surface area contributed by atoms with Gasteiger partial charge in [0.25, 0.3) is 0 Å². The first-order chi connectivity index (χ1) is 9.58. The molecular weight excluding hydrogens is 257 g/mol. The molecule has 1 aromatic carbocycles. The maximum Gasteiger partial charge on any atom is 0.231 e. The fourth-order valence-corrected chi connectivity index (χ4v) is 1.80. The van der Waals surface area contributed by atoms with Gasteiger partial charge in [0.15, 0.2) is 11.6 Å². The molecule has 0 amide bonds. The van der Waals surface area contributed by atoms with Crippen LogP contribution in [0.5, 0.6) is 5.75 Å². The summed E-state index contributed by atoms with van der Waals surface area (Å²) in [6.45, 7) is 4.52. The van der Waals surface area contributed by atoms with Gasteiger partial charge in [-0.2, -0.15) is 5.26 Å². The largest absolute Gasteiger partial charge is 0.491 e. The normalized spacial score (nSPS) is 11.7. The number of halogens is 1. The number of carbonyl (C=O) groups is 1. The molecule has 0 heterocycles. The third-order valence-corrected chi connectivity index (χ3v) is 3.32. The van der Waals surface area contributed by atoms with Crippen LogP contribution in [0, 0.1) is 17.1 Å². The number of ketones is 1. The van der Waals surface area contributed by atoms with E-state index in [0.29, 0.717) is 25.4 Å². The molecule has 0 aliphatic rings. The highest BCUT2D eigenvalue weighted by atomic mass is 19.1. The molecule has 1 rings (SSSR count). The van der Waals surface area contributed by atoms with E-state index in [-0.39, 0.29) is 18.0 Å². The maximum atomic E-state index is 13.6. The van der Waals surface area contributed by atoms with Gasteiger partial charge in [-0.15, -0.1) is 0 Å². The van der Waals surface area contributed by atoms with Crippen LogP contribution in [-0.2, 0) is 4.79 Å². The van der Waals surface area contributed by atoms with E-state index in [2.05, 4.69) is 13.8 Å². The lowest BCUT2D eigenvalue weighted by Crippen LogP contribution is -2.02. The number of ether oxygens (including phenoxy) is 1. The van der Waals surface area contributed by atoms with Crippen molar-refractivity contribution in [1.82, 2.24) is 0 Å². The fourth-order valence-electron chi connectivity index (χ4n) is 1.80. The van der Waals surface area contributed by atoms with Crippen molar-refractivity contribution in [3.05, 3.63) is 29.6 Å². The molecule has 0 saturated carbocycles. The molecule has 1 atom stereocenters. The Labute approximate surface area is 119 Å². The first-order valence-electron chi connectivity index (χ1n) is 6.93. The topological polar surface area (TPSA) is 50.1 Å². The van der Waals surface area contributed by atoms with E-state index in [0.717, 1.165) is 12.0 Å². The molecule has 0 N–H and O–H groups in total. The molecule has 4 heteroatoms. The number of nitrogens with zero attached hydrogens (tertiary/aromatic N) is 1. The lowest BCUT2D eigenvalue weighted by atomic mass is 9.98. The SMILES string of the molecule is CCC(C)c1ccc(F)c(OCCCCC(=O)C#N)c1. The summed E-state index contributed by atoms with van der Waals surface area (Å²) < 4.78 is 19.0. The van der Waals surface area contributed by atoms with Crippen LogP contribution in [-0.4, -0.2) is 12.4 Å². The predicted octanol–water partition coefficient (Wildman–Crippen LogP) is 3.98. The third kappa shape index (κ3) is 5.00. The van der Waals surface area contributed by atoms with Gasteiger partial charge < -0.3 is 4.74 Å². The Hall–Kier alpha value is -1.89. The zero-order valence-electron chi connectivity index (χ0n) is 12.0. The maximum absolute atomic E-state index is 13.6. The molecule has 0 saturated heterocycles. The van der Waals surface area contributed by atoms with E-state index >= 15 is 0 Å². The summed E-state index contributed by atoms with van der Waals surface area (Å²) in [5.74, 6) is -0.166. The first kappa shape index (κ1) is 16.2. The molecule has 1 aromatic rings. The van der Waals surface area contributed by atoms with Crippen LogP contribution in [0.1, 0.15) is 51.0 Å². The van der Waals surface area contributed by atoms with Crippen molar-refractivity contribution in [2.75, 3.05) is 6.61 Å². The van der Waals surface area contributed by atoms with Crippen LogP contribution in [0.3, 0.4) is 0 Å². The van der Waals surface area contributed by atoms with Crippen LogP contribution in [0.4, 0.5) is 4.39 Å². The number of nitriles is 1. The summed E-state index contributed by atoms with van der Waals surface area (Å²) >= 11 is 0. The molecule has 0 bridgehead atoms. The standard InChI is InChI=1S/C16H20FNO2/c1-3-12(2)13-7-8-15(17)16(10-13)20-9-5-4-6-14(19)11-18/h7-8,10,12H,3-6,9H2,1-2H3. The summed E-state index contributed by atoms with van der Waals surface area (Å²) in [5.41, 5.74) is 1.06. The molecule has 0 aliphatic carbocycles. The van der Waals surface area contributed by atoms with Crippen LogP contribution in [0.2, 0.25) is 0 Å². The number of hydrogen-bond acceptors (Lipinski definition) is 3. The Morgan fingerprint density at radius 1 is 1.45 bits per heavy atom. The second kappa shape index (κ2) is 8.31. The van der Waals surface area contributed by atoms with Crippen molar-refractivity contribution in [2.24, 2.45) is 0 Å². The molecule has 0 radical (unpaired) electrons. The fraction of sp³-hybridized carbons (Fsp3) is 0.500. The number of carbonyl (C=O) groups excluding carboxylic acids is 1. The Bertz CT molecular complexity index is 494. The van der Waals surface area contributed by atoms with Gasteiger partial charge in [0.05, 0.1) is 6.61 Å². The average molecular weight is 277 g/mol. The van der Waals surface area contributed by atoms with Crippen LogP contribution >= 0.6 is 0 Å². The predicted molar refractivity (Wildman–Crippen MR) is 75.1 cm³/mol. The number of Topliss-reactive ketones (excluding diaryl/α,β-unsaturated/α-hetero) is 1. The second-order valence-electron chi connectivity index (χ2n) is 4.84. The summed E-state index contributed by atoms with van der Waals surface area (Å²) in [7, 11) is 0. The van der Waals surface area contributed by atoms with Crippen LogP contribution in [0.25, 0.3) is 0 Å². The van der Waals surface area contributed by atoms with Gasteiger partial charge in [0.1, 0.15) is 6.07 Å². The first-order valence-corrected chi connectivity index (χ1v) is 6.93. The van der Waals surface area contributed by atoms with Gasteiger partial charge in [-0.25, -0.2) is 4.39 Å². The van der Waals surface area contributed by atoms with E-state index in [1.54, 1.807) is 18.2 Å². The van der Waals surface area contributed by atoms with Crippen molar-refractivity contribution in [2.45, 2.75) is 45.4 Å². The molecule has 0 aliphatic heterocycles. The minimum Gasteiger partial charge on any atom is -0.491 e.